The first-order valence-electron chi connectivity index (χ1n) is 5.25. The molecule has 0 atom stereocenters. The van der Waals surface area contributed by atoms with Gasteiger partial charge in [-0.05, 0) is 12.1 Å². The summed E-state index contributed by atoms with van der Waals surface area (Å²) in [7, 11) is -2.23. The fourth-order valence-corrected chi connectivity index (χ4v) is 2.71. The van der Waals surface area contributed by atoms with Crippen LogP contribution in [0.3, 0.4) is 0 Å². The molecule has 0 aliphatic heterocycles. The van der Waals surface area contributed by atoms with Crippen molar-refractivity contribution in [2.24, 2.45) is 0 Å². The second-order valence-corrected chi connectivity index (χ2v) is 5.20. The van der Waals surface area contributed by atoms with Gasteiger partial charge in [-0.3, -0.25) is 4.72 Å². The zero-order chi connectivity index (χ0) is 13.0. The van der Waals surface area contributed by atoms with Crippen LogP contribution in [0.2, 0.25) is 0 Å². The van der Waals surface area contributed by atoms with E-state index in [1.165, 1.54) is 25.3 Å². The Morgan fingerprint density at radius 2 is 1.84 bits per heavy atom. The number of benzene rings is 2. The van der Waals surface area contributed by atoms with E-state index in [-0.39, 0.29) is 40.2 Å². The summed E-state index contributed by atoms with van der Waals surface area (Å²) in [5.74, 6) is 0.265. The molecule has 4 nitrogen and oxygen atoms in total. The Labute approximate surface area is 135 Å². The molecule has 2 aromatic carbocycles. The molecule has 0 fully saturated rings. The fraction of sp³-hybridized carbons (Fsp3) is 0.0769. The van der Waals surface area contributed by atoms with E-state index in [1.807, 2.05) is 6.07 Å². The van der Waals surface area contributed by atoms with Gasteiger partial charge in [0.05, 0.1) is 7.11 Å². The van der Waals surface area contributed by atoms with Crippen molar-refractivity contribution in [1.29, 1.82) is 0 Å². The minimum absolute atomic E-state index is 0. The number of sulfonamides is 1. The van der Waals surface area contributed by atoms with Crippen molar-refractivity contribution in [2.75, 3.05) is 11.8 Å². The third-order valence-electron chi connectivity index (χ3n) is 2.32. The van der Waals surface area contributed by atoms with Crippen molar-refractivity contribution >= 4 is 15.7 Å². The Bertz CT molecular complexity index is 629. The summed E-state index contributed by atoms with van der Waals surface area (Å²) in [5.41, 5.74) is 0.507. The number of anilines is 1. The van der Waals surface area contributed by atoms with Crippen LogP contribution in [0, 0.1) is 6.07 Å². The Kier molecular flexibility index (Phi) is 5.87. The number of methoxy groups -OCH3 is 1. The van der Waals surface area contributed by atoms with E-state index >= 15 is 0 Å². The van der Waals surface area contributed by atoms with E-state index in [1.54, 1.807) is 24.3 Å². The first-order chi connectivity index (χ1) is 8.63. The van der Waals surface area contributed by atoms with Crippen LogP contribution in [0.1, 0.15) is 0 Å². The van der Waals surface area contributed by atoms with Gasteiger partial charge in [0, 0.05) is 16.3 Å². The number of nitrogens with one attached hydrogen (secondary N) is 1. The summed E-state index contributed by atoms with van der Waals surface area (Å²) in [5, 5.41) is 0. The Hall–Kier alpha value is -1.01. The minimum atomic E-state index is -3.65. The topological polar surface area (TPSA) is 55.4 Å². The van der Waals surface area contributed by atoms with Crippen LogP contribution in [-0.2, 0) is 10.0 Å². The quantitative estimate of drug-likeness (QED) is 0.597. The number of rotatable bonds is 4. The third kappa shape index (κ3) is 3.98. The Morgan fingerprint density at radius 3 is 2.47 bits per heavy atom. The number of hydrogen-bond donors (Lipinski definition) is 1. The standard InChI is InChI=1S/C13H12NO3S.Na/c1-17-12-9-5-6-10-13(12)18(15,16)14-11-7-3-2-4-8-11;/h2-4,6-10,14H,1H3;/q-1;+1. The van der Waals surface area contributed by atoms with Gasteiger partial charge < -0.3 is 4.74 Å². The van der Waals surface area contributed by atoms with Crippen LogP contribution in [0.4, 0.5) is 5.69 Å². The monoisotopic (exact) mass is 285 g/mol. The van der Waals surface area contributed by atoms with Crippen molar-refractivity contribution in [1.82, 2.24) is 0 Å². The number of hydrogen-bond acceptors (Lipinski definition) is 3. The van der Waals surface area contributed by atoms with Crippen LogP contribution < -0.4 is 39.0 Å². The van der Waals surface area contributed by atoms with Crippen LogP contribution >= 0.6 is 0 Å². The maximum absolute atomic E-state index is 12.2. The zero-order valence-corrected chi connectivity index (χ0v) is 13.6. The van der Waals surface area contributed by atoms with Crippen molar-refractivity contribution in [3.63, 3.8) is 0 Å². The number of ether oxygens (including phenoxy) is 1. The molecule has 0 unspecified atom stereocenters. The predicted molar refractivity (Wildman–Crippen MR) is 69.1 cm³/mol. The summed E-state index contributed by atoms with van der Waals surface area (Å²) < 4.78 is 31.9. The second kappa shape index (κ2) is 6.96. The molecule has 0 amide bonds. The van der Waals surface area contributed by atoms with Gasteiger partial charge >= 0.3 is 29.6 Å². The van der Waals surface area contributed by atoms with E-state index in [2.05, 4.69) is 10.8 Å². The molecular formula is C13H12NNaO3S. The van der Waals surface area contributed by atoms with E-state index in [9.17, 15) is 8.42 Å². The SMILES string of the molecule is COc1c[c-]ccc1S(=O)(=O)Nc1ccccc1.[Na+]. The van der Waals surface area contributed by atoms with Gasteiger partial charge in [-0.25, -0.2) is 8.42 Å². The summed E-state index contributed by atoms with van der Waals surface area (Å²) >= 11 is 0. The minimum Gasteiger partial charge on any atom is -0.553 e. The van der Waals surface area contributed by atoms with Crippen LogP contribution in [0.15, 0.2) is 53.4 Å². The van der Waals surface area contributed by atoms with Crippen molar-refractivity contribution in [2.45, 2.75) is 4.90 Å². The van der Waals surface area contributed by atoms with Crippen LogP contribution in [0.5, 0.6) is 5.75 Å². The van der Waals surface area contributed by atoms with Gasteiger partial charge in [-0.15, -0.1) is 12.1 Å². The van der Waals surface area contributed by atoms with Gasteiger partial charge in [0.1, 0.15) is 0 Å². The molecule has 0 saturated carbocycles. The fourth-order valence-electron chi connectivity index (χ4n) is 1.50. The van der Waals surface area contributed by atoms with Crippen molar-refractivity contribution < 1.29 is 42.7 Å². The summed E-state index contributed by atoms with van der Waals surface area (Å²) in [6.45, 7) is 0. The molecule has 0 aliphatic rings. The van der Waals surface area contributed by atoms with Gasteiger partial charge in [0.2, 0.25) is 10.0 Å². The van der Waals surface area contributed by atoms with E-state index in [0.29, 0.717) is 5.69 Å². The molecule has 0 saturated heterocycles. The van der Waals surface area contributed by atoms with Crippen molar-refractivity contribution in [3.05, 3.63) is 54.6 Å². The average Bonchev–Trinajstić information content (AvgIpc) is 2.39. The maximum atomic E-state index is 12.2. The third-order valence-corrected chi connectivity index (χ3v) is 3.74. The van der Waals surface area contributed by atoms with Gasteiger partial charge in [0.25, 0.3) is 0 Å². The molecule has 0 aromatic heterocycles. The van der Waals surface area contributed by atoms with Crippen LogP contribution in [0.25, 0.3) is 0 Å². The molecule has 0 radical (unpaired) electrons. The number of para-hydroxylation sites is 1. The van der Waals surface area contributed by atoms with Gasteiger partial charge in [0.15, 0.2) is 0 Å². The van der Waals surface area contributed by atoms with E-state index in [0.717, 1.165) is 0 Å². The predicted octanol–water partition coefficient (Wildman–Crippen LogP) is -0.700. The first kappa shape index (κ1) is 16.0. The van der Waals surface area contributed by atoms with Crippen LogP contribution in [-0.4, -0.2) is 15.5 Å². The normalized spacial score (nSPS) is 10.4. The Balaban J connectivity index is 0.00000180. The van der Waals surface area contributed by atoms with Gasteiger partial charge in [-0.1, -0.05) is 18.2 Å². The Morgan fingerprint density at radius 1 is 1.16 bits per heavy atom. The van der Waals surface area contributed by atoms with Crippen molar-refractivity contribution in [3.8, 4) is 5.75 Å². The molecule has 2 rings (SSSR count). The summed E-state index contributed by atoms with van der Waals surface area (Å²) in [6.07, 6.45) is 0. The van der Waals surface area contributed by atoms with E-state index in [4.69, 9.17) is 4.74 Å². The molecule has 19 heavy (non-hydrogen) atoms. The largest absolute Gasteiger partial charge is 1.00 e. The molecule has 6 heteroatoms. The maximum Gasteiger partial charge on any atom is 1.00 e. The molecule has 0 aliphatic carbocycles. The second-order valence-electron chi connectivity index (χ2n) is 3.55. The summed E-state index contributed by atoms with van der Waals surface area (Å²) in [4.78, 5) is 0.0904. The average molecular weight is 285 g/mol. The molecule has 0 heterocycles. The molecule has 0 spiro atoms. The molecule has 2 aromatic rings. The molecule has 94 valence electrons. The molecule has 1 N–H and O–H groups in total. The summed E-state index contributed by atoms with van der Waals surface area (Å²) in [6, 6.07) is 15.9. The smallest absolute Gasteiger partial charge is 0.553 e. The van der Waals surface area contributed by atoms with Gasteiger partial charge in [-0.2, -0.15) is 12.1 Å². The molecular weight excluding hydrogens is 273 g/mol. The first-order valence-corrected chi connectivity index (χ1v) is 6.74. The van der Waals surface area contributed by atoms with E-state index < -0.39 is 10.0 Å². The molecule has 0 bridgehead atoms. The zero-order valence-electron chi connectivity index (χ0n) is 10.8.